The monoisotopic (exact) mass is 229 g/mol. The molecule has 0 aromatic carbocycles. The Kier molecular flexibility index (Phi) is 3.95. The average Bonchev–Trinajstić information content (AvgIpc) is 2.43. The van der Waals surface area contributed by atoms with Crippen LogP contribution in [0.5, 0.6) is 0 Å². The maximum Gasteiger partial charge on any atom is 0.135 e. The molecule has 0 aliphatic rings. The molecule has 0 saturated heterocycles. The van der Waals surface area contributed by atoms with Crippen LogP contribution < -0.4 is 5.73 Å². The summed E-state index contributed by atoms with van der Waals surface area (Å²) in [4.78, 5) is 5.19. The molecule has 0 bridgehead atoms. The molecule has 1 aromatic heterocycles. The van der Waals surface area contributed by atoms with Crippen molar-refractivity contribution in [2.75, 3.05) is 0 Å². The number of amidine groups is 1. The Morgan fingerprint density at radius 1 is 1.64 bits per heavy atom. The predicted octanol–water partition coefficient (Wildman–Crippen LogP) is 2.38. The summed E-state index contributed by atoms with van der Waals surface area (Å²) in [6.45, 7) is 6.23. The van der Waals surface area contributed by atoms with Crippen LogP contribution in [0.4, 0.5) is 0 Å². The van der Waals surface area contributed by atoms with Gasteiger partial charge in [0.1, 0.15) is 10.8 Å². The van der Waals surface area contributed by atoms with Gasteiger partial charge >= 0.3 is 0 Å². The Morgan fingerprint density at radius 2 is 2.29 bits per heavy atom. The van der Waals surface area contributed by atoms with Crippen molar-refractivity contribution in [3.05, 3.63) is 15.6 Å². The van der Waals surface area contributed by atoms with E-state index in [0.717, 1.165) is 21.3 Å². The van der Waals surface area contributed by atoms with Crippen molar-refractivity contribution in [2.24, 2.45) is 5.73 Å². The summed E-state index contributed by atoms with van der Waals surface area (Å²) in [6, 6.07) is 0. The zero-order chi connectivity index (χ0) is 10.7. The van der Waals surface area contributed by atoms with Gasteiger partial charge in [-0.3, -0.25) is 5.41 Å². The fourth-order valence-corrected chi connectivity index (χ4v) is 2.70. The topological polar surface area (TPSA) is 62.8 Å². The number of nitrogens with zero attached hydrogens (tertiary/aromatic N) is 1. The van der Waals surface area contributed by atoms with Crippen molar-refractivity contribution in [3.8, 4) is 0 Å². The summed E-state index contributed by atoms with van der Waals surface area (Å²) >= 11 is 3.38. The summed E-state index contributed by atoms with van der Waals surface area (Å²) in [5.74, 6) is 1.04. The Bertz CT molecular complexity index is 331. The molecule has 1 aromatic rings. The van der Waals surface area contributed by atoms with E-state index in [1.807, 2.05) is 18.7 Å². The molecule has 0 saturated carbocycles. The van der Waals surface area contributed by atoms with Gasteiger partial charge in [0.2, 0.25) is 0 Å². The van der Waals surface area contributed by atoms with Crippen LogP contribution in [0.15, 0.2) is 0 Å². The minimum Gasteiger partial charge on any atom is -0.383 e. The molecule has 0 atom stereocenters. The number of nitrogens with two attached hydrogens (primary N) is 1. The second-order valence-electron chi connectivity index (χ2n) is 3.30. The molecule has 0 radical (unpaired) electrons. The van der Waals surface area contributed by atoms with E-state index in [1.165, 1.54) is 11.3 Å². The maximum atomic E-state index is 7.35. The minimum absolute atomic E-state index is 0.126. The fourth-order valence-electron chi connectivity index (χ4n) is 1.00. The number of aromatic nitrogens is 1. The molecule has 3 N–H and O–H groups in total. The zero-order valence-electron chi connectivity index (χ0n) is 8.63. The summed E-state index contributed by atoms with van der Waals surface area (Å²) in [6.07, 6.45) is 0. The van der Waals surface area contributed by atoms with Gasteiger partial charge in [0.25, 0.3) is 0 Å². The zero-order valence-corrected chi connectivity index (χ0v) is 10.3. The number of nitrogen functional groups attached to an aromatic ring is 1. The van der Waals surface area contributed by atoms with E-state index in [2.05, 4.69) is 18.8 Å². The number of hydrogen-bond acceptors (Lipinski definition) is 4. The molecule has 1 heterocycles. The van der Waals surface area contributed by atoms with E-state index in [9.17, 15) is 0 Å². The number of aryl methyl sites for hydroxylation is 1. The molecule has 0 spiro atoms. The summed E-state index contributed by atoms with van der Waals surface area (Å²) < 4.78 is 0. The molecule has 0 fully saturated rings. The molecule has 0 unspecified atom stereocenters. The quantitative estimate of drug-likeness (QED) is 0.615. The first kappa shape index (κ1) is 11.5. The van der Waals surface area contributed by atoms with Crippen LogP contribution in [-0.4, -0.2) is 16.1 Å². The lowest BCUT2D eigenvalue weighted by molar-refractivity contribution is 1.10. The Hall–Kier alpha value is -0.550. The molecule has 0 aliphatic heterocycles. The molecule has 78 valence electrons. The van der Waals surface area contributed by atoms with Crippen LogP contribution in [-0.2, 0) is 5.75 Å². The molecular weight excluding hydrogens is 214 g/mol. The fraction of sp³-hybridized carbons (Fsp3) is 0.556. The number of thiazole rings is 1. The lowest BCUT2D eigenvalue weighted by Gasteiger charge is -2.00. The Morgan fingerprint density at radius 3 is 2.71 bits per heavy atom. The number of thioether (sulfide) groups is 1. The Labute approximate surface area is 92.6 Å². The average molecular weight is 229 g/mol. The smallest absolute Gasteiger partial charge is 0.135 e. The summed E-state index contributed by atoms with van der Waals surface area (Å²) in [5.41, 5.74) is 6.31. The molecular formula is C9H15N3S2. The van der Waals surface area contributed by atoms with Gasteiger partial charge < -0.3 is 5.73 Å². The van der Waals surface area contributed by atoms with Crippen molar-refractivity contribution < 1.29 is 0 Å². The standard InChI is InChI=1S/C9H15N3S2/c1-5(2)13-4-7-12-6(3)8(14-7)9(10)11/h5H,4H2,1-3H3,(H3,10,11). The molecule has 3 nitrogen and oxygen atoms in total. The maximum absolute atomic E-state index is 7.35. The minimum atomic E-state index is 0.126. The lowest BCUT2D eigenvalue weighted by atomic mass is 10.4. The van der Waals surface area contributed by atoms with Gasteiger partial charge in [-0.25, -0.2) is 4.98 Å². The van der Waals surface area contributed by atoms with Crippen LogP contribution in [0.25, 0.3) is 0 Å². The highest BCUT2D eigenvalue weighted by Gasteiger charge is 2.10. The first-order valence-corrected chi connectivity index (χ1v) is 6.29. The van der Waals surface area contributed by atoms with Crippen molar-refractivity contribution >= 4 is 28.9 Å². The number of nitrogens with one attached hydrogen (secondary N) is 1. The van der Waals surface area contributed by atoms with Crippen molar-refractivity contribution in [2.45, 2.75) is 31.8 Å². The number of hydrogen-bond donors (Lipinski definition) is 2. The van der Waals surface area contributed by atoms with Gasteiger partial charge in [-0.2, -0.15) is 11.8 Å². The lowest BCUT2D eigenvalue weighted by Crippen LogP contribution is -2.10. The third-order valence-corrected chi connectivity index (χ3v) is 4.11. The van der Waals surface area contributed by atoms with E-state index in [0.29, 0.717) is 5.25 Å². The highest BCUT2D eigenvalue weighted by Crippen LogP contribution is 2.23. The molecule has 5 heteroatoms. The van der Waals surface area contributed by atoms with Crippen molar-refractivity contribution in [3.63, 3.8) is 0 Å². The highest BCUT2D eigenvalue weighted by molar-refractivity contribution is 7.99. The van der Waals surface area contributed by atoms with E-state index in [1.54, 1.807) is 0 Å². The van der Waals surface area contributed by atoms with Crippen LogP contribution in [0, 0.1) is 12.3 Å². The van der Waals surface area contributed by atoms with Gasteiger partial charge in [0.05, 0.1) is 10.6 Å². The Balaban J connectivity index is 2.71. The molecule has 1 rings (SSSR count). The van der Waals surface area contributed by atoms with Crippen LogP contribution >= 0.6 is 23.1 Å². The number of rotatable bonds is 4. The highest BCUT2D eigenvalue weighted by atomic mass is 32.2. The van der Waals surface area contributed by atoms with Gasteiger partial charge in [0, 0.05) is 5.75 Å². The third kappa shape index (κ3) is 2.99. The SMILES string of the molecule is Cc1nc(CSC(C)C)sc1C(=N)N. The van der Waals surface area contributed by atoms with Crippen molar-refractivity contribution in [1.82, 2.24) is 4.98 Å². The normalized spacial score (nSPS) is 10.9. The van der Waals surface area contributed by atoms with Crippen LogP contribution in [0.2, 0.25) is 0 Å². The van der Waals surface area contributed by atoms with Crippen LogP contribution in [0.3, 0.4) is 0 Å². The largest absolute Gasteiger partial charge is 0.383 e. The van der Waals surface area contributed by atoms with Gasteiger partial charge in [-0.1, -0.05) is 13.8 Å². The summed E-state index contributed by atoms with van der Waals surface area (Å²) in [5, 5.41) is 9.02. The van der Waals surface area contributed by atoms with E-state index in [-0.39, 0.29) is 5.84 Å². The van der Waals surface area contributed by atoms with E-state index < -0.39 is 0 Å². The van der Waals surface area contributed by atoms with Gasteiger partial charge in [-0.15, -0.1) is 11.3 Å². The van der Waals surface area contributed by atoms with E-state index in [4.69, 9.17) is 11.1 Å². The first-order valence-electron chi connectivity index (χ1n) is 4.43. The van der Waals surface area contributed by atoms with Gasteiger partial charge in [0.15, 0.2) is 0 Å². The van der Waals surface area contributed by atoms with Gasteiger partial charge in [-0.05, 0) is 12.2 Å². The predicted molar refractivity (Wildman–Crippen MR) is 64.3 cm³/mol. The third-order valence-electron chi connectivity index (χ3n) is 1.63. The molecule has 0 amide bonds. The first-order chi connectivity index (χ1) is 6.50. The second kappa shape index (κ2) is 4.79. The van der Waals surface area contributed by atoms with E-state index >= 15 is 0 Å². The molecule has 14 heavy (non-hydrogen) atoms. The summed E-state index contributed by atoms with van der Waals surface area (Å²) in [7, 11) is 0. The second-order valence-corrected chi connectivity index (χ2v) is 5.94. The van der Waals surface area contributed by atoms with Crippen molar-refractivity contribution in [1.29, 1.82) is 5.41 Å². The molecule has 0 aliphatic carbocycles. The van der Waals surface area contributed by atoms with Crippen LogP contribution in [0.1, 0.15) is 29.4 Å².